The summed E-state index contributed by atoms with van der Waals surface area (Å²) in [4.78, 5) is 6.59. The first kappa shape index (κ1) is 25.2. The average Bonchev–Trinajstić information content (AvgIpc) is 2.70. The van der Waals surface area contributed by atoms with Crippen molar-refractivity contribution in [2.24, 2.45) is 4.99 Å². The molecule has 0 heterocycles. The Morgan fingerprint density at radius 1 is 1.07 bits per heavy atom. The van der Waals surface area contributed by atoms with Crippen LogP contribution in [0.5, 0.6) is 5.75 Å². The minimum atomic E-state index is -3.42. The minimum absolute atomic E-state index is 0. The molecule has 0 spiro atoms. The Morgan fingerprint density at radius 2 is 1.66 bits per heavy atom. The summed E-state index contributed by atoms with van der Waals surface area (Å²) in [5, 5.41) is 3.30. The molecule has 2 N–H and O–H groups in total. The van der Waals surface area contributed by atoms with Crippen molar-refractivity contribution in [1.82, 2.24) is 14.9 Å². The standard InChI is InChI=1S/C20H28N4O3S.HI/c1-5-27-18-10-6-17(7-11-18)15-24(4)20(21-2)23-14-16-8-12-19(13-9-16)28(25,26)22-3;/h6-13,22H,5,14-15H2,1-4H3,(H,21,23);1H. The van der Waals surface area contributed by atoms with Crippen LogP contribution in [0.4, 0.5) is 0 Å². The fraction of sp³-hybridized carbons (Fsp3) is 0.350. The molecule has 29 heavy (non-hydrogen) atoms. The van der Waals surface area contributed by atoms with E-state index in [0.717, 1.165) is 22.8 Å². The van der Waals surface area contributed by atoms with Gasteiger partial charge in [0.1, 0.15) is 5.75 Å². The van der Waals surface area contributed by atoms with Crippen molar-refractivity contribution in [3.8, 4) is 5.75 Å². The van der Waals surface area contributed by atoms with Gasteiger partial charge in [-0.25, -0.2) is 13.1 Å². The second-order valence-corrected chi connectivity index (χ2v) is 8.07. The monoisotopic (exact) mass is 532 g/mol. The van der Waals surface area contributed by atoms with Crippen LogP contribution >= 0.6 is 24.0 Å². The molecule has 9 heteroatoms. The summed E-state index contributed by atoms with van der Waals surface area (Å²) in [5.74, 6) is 1.61. The molecule has 0 aliphatic rings. The number of halogens is 1. The number of hydrogen-bond donors (Lipinski definition) is 2. The lowest BCUT2D eigenvalue weighted by molar-refractivity contribution is 0.340. The van der Waals surface area contributed by atoms with E-state index in [0.29, 0.717) is 19.7 Å². The molecule has 0 atom stereocenters. The summed E-state index contributed by atoms with van der Waals surface area (Å²) >= 11 is 0. The van der Waals surface area contributed by atoms with Gasteiger partial charge in [-0.05, 0) is 49.4 Å². The Morgan fingerprint density at radius 3 is 2.17 bits per heavy atom. The summed E-state index contributed by atoms with van der Waals surface area (Å²) in [6, 6.07) is 14.8. The molecule has 0 fully saturated rings. The van der Waals surface area contributed by atoms with Crippen LogP contribution in [0.15, 0.2) is 58.4 Å². The number of sulfonamides is 1. The van der Waals surface area contributed by atoms with Crippen molar-refractivity contribution in [2.75, 3.05) is 27.7 Å². The van der Waals surface area contributed by atoms with Crippen LogP contribution in [0.25, 0.3) is 0 Å². The number of ether oxygens (including phenoxy) is 1. The Kier molecular flexibility index (Phi) is 10.4. The molecule has 0 aliphatic heterocycles. The number of guanidine groups is 1. The molecule has 0 aromatic heterocycles. The Bertz CT molecular complexity index is 885. The number of hydrogen-bond acceptors (Lipinski definition) is 4. The van der Waals surface area contributed by atoms with Gasteiger partial charge in [-0.3, -0.25) is 4.99 Å². The fourth-order valence-corrected chi connectivity index (χ4v) is 3.41. The second-order valence-electron chi connectivity index (χ2n) is 6.19. The van der Waals surface area contributed by atoms with E-state index < -0.39 is 10.0 Å². The fourth-order valence-electron chi connectivity index (χ4n) is 2.68. The van der Waals surface area contributed by atoms with Gasteiger partial charge in [-0.2, -0.15) is 0 Å². The quantitative estimate of drug-likeness (QED) is 0.311. The maximum absolute atomic E-state index is 11.8. The van der Waals surface area contributed by atoms with Gasteiger partial charge >= 0.3 is 0 Å². The van der Waals surface area contributed by atoms with Gasteiger partial charge in [0.2, 0.25) is 10.0 Å². The Balaban J connectivity index is 0.00000420. The first-order valence-electron chi connectivity index (χ1n) is 9.05. The summed E-state index contributed by atoms with van der Waals surface area (Å²) in [6.07, 6.45) is 0. The largest absolute Gasteiger partial charge is 0.494 e. The van der Waals surface area contributed by atoms with E-state index in [1.54, 1.807) is 31.3 Å². The van der Waals surface area contributed by atoms with Crippen molar-refractivity contribution in [1.29, 1.82) is 0 Å². The van der Waals surface area contributed by atoms with Gasteiger partial charge in [0.25, 0.3) is 0 Å². The second kappa shape index (κ2) is 12.0. The summed E-state index contributed by atoms with van der Waals surface area (Å²) in [5.41, 5.74) is 2.11. The Labute approximate surface area is 190 Å². The Hall–Kier alpha value is -1.85. The van der Waals surface area contributed by atoms with Crippen LogP contribution in [0, 0.1) is 0 Å². The number of nitrogens with one attached hydrogen (secondary N) is 2. The van der Waals surface area contributed by atoms with E-state index in [-0.39, 0.29) is 28.9 Å². The molecule has 0 radical (unpaired) electrons. The molecule has 2 aromatic rings. The van der Waals surface area contributed by atoms with Crippen LogP contribution in [-0.2, 0) is 23.1 Å². The zero-order chi connectivity index (χ0) is 20.6. The summed E-state index contributed by atoms with van der Waals surface area (Å²) in [7, 11) is 1.68. The van der Waals surface area contributed by atoms with Crippen molar-refractivity contribution >= 4 is 40.0 Å². The lowest BCUT2D eigenvalue weighted by Crippen LogP contribution is -2.38. The summed E-state index contributed by atoms with van der Waals surface area (Å²) < 4.78 is 31.3. The van der Waals surface area contributed by atoms with Crippen LogP contribution in [0.2, 0.25) is 0 Å². The molecule has 0 bridgehead atoms. The van der Waals surface area contributed by atoms with Crippen LogP contribution in [-0.4, -0.2) is 47.0 Å². The van der Waals surface area contributed by atoms with Gasteiger partial charge in [0.05, 0.1) is 11.5 Å². The van der Waals surface area contributed by atoms with Crippen molar-refractivity contribution < 1.29 is 13.2 Å². The third kappa shape index (κ3) is 7.48. The molecule has 160 valence electrons. The highest BCUT2D eigenvalue weighted by atomic mass is 127. The molecular formula is C20H29IN4O3S. The lowest BCUT2D eigenvalue weighted by atomic mass is 10.2. The van der Waals surface area contributed by atoms with Gasteiger partial charge in [0, 0.05) is 27.2 Å². The molecule has 7 nitrogen and oxygen atoms in total. The normalized spacial score (nSPS) is 11.5. The third-order valence-electron chi connectivity index (χ3n) is 4.18. The molecule has 0 unspecified atom stereocenters. The lowest BCUT2D eigenvalue weighted by Gasteiger charge is -2.22. The maximum atomic E-state index is 11.8. The van der Waals surface area contributed by atoms with E-state index in [2.05, 4.69) is 15.0 Å². The van der Waals surface area contributed by atoms with E-state index in [4.69, 9.17) is 4.74 Å². The number of aliphatic imine (C=N–C) groups is 1. The number of rotatable bonds is 8. The van der Waals surface area contributed by atoms with Gasteiger partial charge < -0.3 is 15.0 Å². The van der Waals surface area contributed by atoms with Gasteiger partial charge in [-0.15, -0.1) is 24.0 Å². The van der Waals surface area contributed by atoms with Crippen molar-refractivity contribution in [3.05, 3.63) is 59.7 Å². The van der Waals surface area contributed by atoms with E-state index in [1.165, 1.54) is 7.05 Å². The van der Waals surface area contributed by atoms with Gasteiger partial charge in [0.15, 0.2) is 5.96 Å². The number of nitrogens with zero attached hydrogens (tertiary/aromatic N) is 2. The van der Waals surface area contributed by atoms with Crippen molar-refractivity contribution in [3.63, 3.8) is 0 Å². The molecule has 2 rings (SSSR count). The topological polar surface area (TPSA) is 83.0 Å². The maximum Gasteiger partial charge on any atom is 0.240 e. The first-order chi connectivity index (χ1) is 13.4. The van der Waals surface area contributed by atoms with Crippen LogP contribution < -0.4 is 14.8 Å². The van der Waals surface area contributed by atoms with Crippen molar-refractivity contribution in [2.45, 2.75) is 24.9 Å². The predicted molar refractivity (Wildman–Crippen MR) is 127 cm³/mol. The SMILES string of the molecule is CCOc1ccc(CN(C)C(=NC)NCc2ccc(S(=O)(=O)NC)cc2)cc1.I. The zero-order valence-corrected chi connectivity index (χ0v) is 20.3. The molecule has 0 saturated carbocycles. The molecule has 0 aliphatic carbocycles. The van der Waals surface area contributed by atoms with E-state index >= 15 is 0 Å². The highest BCUT2D eigenvalue weighted by Crippen LogP contribution is 2.14. The van der Waals surface area contributed by atoms with Crippen LogP contribution in [0.3, 0.4) is 0 Å². The van der Waals surface area contributed by atoms with Crippen LogP contribution in [0.1, 0.15) is 18.1 Å². The van der Waals surface area contributed by atoms with Gasteiger partial charge in [-0.1, -0.05) is 24.3 Å². The number of benzene rings is 2. The highest BCUT2D eigenvalue weighted by molar-refractivity contribution is 14.0. The zero-order valence-electron chi connectivity index (χ0n) is 17.2. The van der Waals surface area contributed by atoms with E-state index in [9.17, 15) is 8.42 Å². The summed E-state index contributed by atoms with van der Waals surface area (Å²) in [6.45, 7) is 3.85. The minimum Gasteiger partial charge on any atom is -0.494 e. The molecule has 2 aromatic carbocycles. The highest BCUT2D eigenvalue weighted by Gasteiger charge is 2.11. The first-order valence-corrected chi connectivity index (χ1v) is 10.5. The average molecular weight is 532 g/mol. The molecular weight excluding hydrogens is 503 g/mol. The van der Waals surface area contributed by atoms with E-state index in [1.807, 2.05) is 43.1 Å². The molecule has 0 saturated heterocycles. The third-order valence-corrected chi connectivity index (χ3v) is 5.61. The predicted octanol–water partition coefficient (Wildman–Crippen LogP) is 2.82. The molecule has 0 amide bonds. The smallest absolute Gasteiger partial charge is 0.240 e.